The maximum absolute atomic E-state index is 12.1. The zero-order valence-electron chi connectivity index (χ0n) is 12.1. The highest BCUT2D eigenvalue weighted by molar-refractivity contribution is 6.04. The van der Waals surface area contributed by atoms with E-state index in [0.29, 0.717) is 23.4 Å². The Morgan fingerprint density at radius 2 is 1.67 bits per heavy atom. The summed E-state index contributed by atoms with van der Waals surface area (Å²) in [6, 6.07) is 14.2. The molecule has 0 bridgehead atoms. The third kappa shape index (κ3) is 3.92. The SMILES string of the molecule is CCNC(=O)c1ccc(NC(=O)c2cccc(C)c2)cc1. The van der Waals surface area contributed by atoms with E-state index in [1.165, 1.54) is 0 Å². The second kappa shape index (κ2) is 6.70. The zero-order valence-corrected chi connectivity index (χ0v) is 12.1. The Morgan fingerprint density at radius 3 is 2.29 bits per heavy atom. The molecule has 4 heteroatoms. The van der Waals surface area contributed by atoms with Gasteiger partial charge in [0.2, 0.25) is 0 Å². The van der Waals surface area contributed by atoms with Crippen molar-refractivity contribution in [1.29, 1.82) is 0 Å². The van der Waals surface area contributed by atoms with Crippen molar-refractivity contribution in [3.05, 3.63) is 65.2 Å². The van der Waals surface area contributed by atoms with Crippen molar-refractivity contribution in [2.24, 2.45) is 0 Å². The largest absolute Gasteiger partial charge is 0.352 e. The van der Waals surface area contributed by atoms with Crippen molar-refractivity contribution in [1.82, 2.24) is 5.32 Å². The molecule has 0 unspecified atom stereocenters. The minimum absolute atomic E-state index is 0.117. The van der Waals surface area contributed by atoms with Crippen LogP contribution in [-0.4, -0.2) is 18.4 Å². The molecule has 108 valence electrons. The molecule has 0 aliphatic carbocycles. The Labute approximate surface area is 124 Å². The molecule has 0 radical (unpaired) electrons. The van der Waals surface area contributed by atoms with Gasteiger partial charge in [0, 0.05) is 23.4 Å². The summed E-state index contributed by atoms with van der Waals surface area (Å²) in [4.78, 5) is 23.7. The standard InChI is InChI=1S/C17H18N2O2/c1-3-18-16(20)13-7-9-15(10-8-13)19-17(21)14-6-4-5-12(2)11-14/h4-11H,3H2,1-2H3,(H,18,20)(H,19,21). The van der Waals surface area contributed by atoms with Crippen molar-refractivity contribution >= 4 is 17.5 Å². The van der Waals surface area contributed by atoms with Crippen molar-refractivity contribution in [2.75, 3.05) is 11.9 Å². The quantitative estimate of drug-likeness (QED) is 0.905. The summed E-state index contributed by atoms with van der Waals surface area (Å²) in [5.74, 6) is -0.279. The van der Waals surface area contributed by atoms with Crippen LogP contribution in [0.25, 0.3) is 0 Å². The lowest BCUT2D eigenvalue weighted by Gasteiger charge is -2.07. The van der Waals surface area contributed by atoms with Crippen LogP contribution in [0, 0.1) is 6.92 Å². The lowest BCUT2D eigenvalue weighted by atomic mass is 10.1. The number of anilines is 1. The number of aryl methyl sites for hydroxylation is 1. The van der Waals surface area contributed by atoms with Crippen molar-refractivity contribution in [3.63, 3.8) is 0 Å². The van der Waals surface area contributed by atoms with Gasteiger partial charge in [-0.3, -0.25) is 9.59 Å². The molecule has 2 rings (SSSR count). The van der Waals surface area contributed by atoms with Gasteiger partial charge in [-0.2, -0.15) is 0 Å². The molecule has 0 aliphatic rings. The van der Waals surface area contributed by atoms with E-state index in [9.17, 15) is 9.59 Å². The van der Waals surface area contributed by atoms with Gasteiger partial charge >= 0.3 is 0 Å². The fourth-order valence-electron chi connectivity index (χ4n) is 1.96. The number of hydrogen-bond acceptors (Lipinski definition) is 2. The van der Waals surface area contributed by atoms with Crippen molar-refractivity contribution < 1.29 is 9.59 Å². The smallest absolute Gasteiger partial charge is 0.255 e. The molecular formula is C17H18N2O2. The second-order valence-electron chi connectivity index (χ2n) is 4.76. The Hall–Kier alpha value is -2.62. The first-order chi connectivity index (χ1) is 10.1. The van der Waals surface area contributed by atoms with Crippen LogP contribution >= 0.6 is 0 Å². The predicted octanol–water partition coefficient (Wildman–Crippen LogP) is 3.00. The number of nitrogens with one attached hydrogen (secondary N) is 2. The van der Waals surface area contributed by atoms with Crippen LogP contribution < -0.4 is 10.6 Å². The molecule has 0 saturated carbocycles. The summed E-state index contributed by atoms with van der Waals surface area (Å²) >= 11 is 0. The van der Waals surface area contributed by atoms with E-state index in [0.717, 1.165) is 5.56 Å². The van der Waals surface area contributed by atoms with Gasteiger partial charge in [-0.15, -0.1) is 0 Å². The van der Waals surface area contributed by atoms with Gasteiger partial charge < -0.3 is 10.6 Å². The number of rotatable bonds is 4. The van der Waals surface area contributed by atoms with E-state index < -0.39 is 0 Å². The van der Waals surface area contributed by atoms with E-state index >= 15 is 0 Å². The molecule has 0 fully saturated rings. The zero-order chi connectivity index (χ0) is 15.2. The van der Waals surface area contributed by atoms with Gasteiger partial charge in [-0.1, -0.05) is 17.7 Å². The lowest BCUT2D eigenvalue weighted by molar-refractivity contribution is 0.0955. The summed E-state index contributed by atoms with van der Waals surface area (Å²) in [7, 11) is 0. The first-order valence-electron chi connectivity index (χ1n) is 6.86. The third-order valence-corrected chi connectivity index (χ3v) is 3.02. The molecular weight excluding hydrogens is 264 g/mol. The highest BCUT2D eigenvalue weighted by atomic mass is 16.2. The minimum atomic E-state index is -0.163. The summed E-state index contributed by atoms with van der Waals surface area (Å²) in [6.45, 7) is 4.40. The fourth-order valence-corrected chi connectivity index (χ4v) is 1.96. The van der Waals surface area contributed by atoms with E-state index in [2.05, 4.69) is 10.6 Å². The Kier molecular flexibility index (Phi) is 4.72. The highest BCUT2D eigenvalue weighted by Gasteiger charge is 2.07. The molecule has 0 aliphatic heterocycles. The molecule has 2 aromatic rings. The topological polar surface area (TPSA) is 58.2 Å². The van der Waals surface area contributed by atoms with Crippen LogP contribution in [0.5, 0.6) is 0 Å². The highest BCUT2D eigenvalue weighted by Crippen LogP contribution is 2.12. The maximum Gasteiger partial charge on any atom is 0.255 e. The number of hydrogen-bond donors (Lipinski definition) is 2. The second-order valence-corrected chi connectivity index (χ2v) is 4.76. The molecule has 2 amide bonds. The van der Waals surface area contributed by atoms with Gasteiger partial charge in [-0.25, -0.2) is 0 Å². The molecule has 0 spiro atoms. The predicted molar refractivity (Wildman–Crippen MR) is 83.6 cm³/mol. The van der Waals surface area contributed by atoms with Crippen LogP contribution in [0.3, 0.4) is 0 Å². The lowest BCUT2D eigenvalue weighted by Crippen LogP contribution is -2.22. The monoisotopic (exact) mass is 282 g/mol. The van der Waals surface area contributed by atoms with Gasteiger partial charge in [0.1, 0.15) is 0 Å². The van der Waals surface area contributed by atoms with Crippen LogP contribution in [0.15, 0.2) is 48.5 Å². The molecule has 0 heterocycles. The fraction of sp³-hybridized carbons (Fsp3) is 0.176. The van der Waals surface area contributed by atoms with Crippen LogP contribution in [0.4, 0.5) is 5.69 Å². The molecule has 2 aromatic carbocycles. The summed E-state index contributed by atoms with van der Waals surface area (Å²) in [6.07, 6.45) is 0. The molecule has 0 atom stereocenters. The molecule has 2 N–H and O–H groups in total. The molecule has 4 nitrogen and oxygen atoms in total. The number of carbonyl (C=O) groups excluding carboxylic acids is 2. The number of amides is 2. The number of carbonyl (C=O) groups is 2. The number of benzene rings is 2. The van der Waals surface area contributed by atoms with Gasteiger partial charge in [0.15, 0.2) is 0 Å². The van der Waals surface area contributed by atoms with Crippen LogP contribution in [-0.2, 0) is 0 Å². The normalized spacial score (nSPS) is 10.0. The van der Waals surface area contributed by atoms with E-state index in [-0.39, 0.29) is 11.8 Å². The summed E-state index contributed by atoms with van der Waals surface area (Å²) in [5.41, 5.74) is 2.89. The Bertz CT molecular complexity index is 648. The first kappa shape index (κ1) is 14.8. The Morgan fingerprint density at radius 1 is 0.952 bits per heavy atom. The van der Waals surface area contributed by atoms with Gasteiger partial charge in [0.25, 0.3) is 11.8 Å². The average molecular weight is 282 g/mol. The van der Waals surface area contributed by atoms with E-state index in [1.807, 2.05) is 32.0 Å². The average Bonchev–Trinajstić information content (AvgIpc) is 2.48. The first-order valence-corrected chi connectivity index (χ1v) is 6.86. The summed E-state index contributed by atoms with van der Waals surface area (Å²) < 4.78 is 0. The van der Waals surface area contributed by atoms with Gasteiger partial charge in [-0.05, 0) is 50.2 Å². The molecule has 0 saturated heterocycles. The van der Waals surface area contributed by atoms with E-state index in [4.69, 9.17) is 0 Å². The van der Waals surface area contributed by atoms with Crippen LogP contribution in [0.1, 0.15) is 33.2 Å². The van der Waals surface area contributed by atoms with Crippen LogP contribution in [0.2, 0.25) is 0 Å². The third-order valence-electron chi connectivity index (χ3n) is 3.02. The maximum atomic E-state index is 12.1. The van der Waals surface area contributed by atoms with E-state index in [1.54, 1.807) is 30.3 Å². The summed E-state index contributed by atoms with van der Waals surface area (Å²) in [5, 5.41) is 5.54. The van der Waals surface area contributed by atoms with Crippen molar-refractivity contribution in [2.45, 2.75) is 13.8 Å². The minimum Gasteiger partial charge on any atom is -0.352 e. The molecule has 0 aromatic heterocycles. The molecule has 21 heavy (non-hydrogen) atoms. The Balaban J connectivity index is 2.06. The van der Waals surface area contributed by atoms with Crippen molar-refractivity contribution in [3.8, 4) is 0 Å². The van der Waals surface area contributed by atoms with Gasteiger partial charge in [0.05, 0.1) is 0 Å².